The SMILES string of the molecule is CNC(=O)c1ccc(NC(=O)COCCN)c(C)c1. The normalized spacial score (nSPS) is 10.1. The first-order valence-corrected chi connectivity index (χ1v) is 5.99. The van der Waals surface area contributed by atoms with E-state index in [0.29, 0.717) is 24.4 Å². The second-order valence-corrected chi connectivity index (χ2v) is 4.00. The maximum absolute atomic E-state index is 11.6. The number of ether oxygens (including phenoxy) is 1. The lowest BCUT2D eigenvalue weighted by Crippen LogP contribution is -2.21. The zero-order chi connectivity index (χ0) is 14.3. The molecular weight excluding hydrogens is 246 g/mol. The number of hydrogen-bond donors (Lipinski definition) is 3. The third-order valence-corrected chi connectivity index (χ3v) is 2.49. The van der Waals surface area contributed by atoms with E-state index in [2.05, 4.69) is 10.6 Å². The Labute approximate surface area is 112 Å². The monoisotopic (exact) mass is 265 g/mol. The van der Waals surface area contributed by atoms with Gasteiger partial charge in [0, 0.05) is 24.8 Å². The molecule has 0 aliphatic carbocycles. The van der Waals surface area contributed by atoms with Gasteiger partial charge in [0.15, 0.2) is 0 Å². The van der Waals surface area contributed by atoms with E-state index in [4.69, 9.17) is 10.5 Å². The van der Waals surface area contributed by atoms with Gasteiger partial charge in [-0.25, -0.2) is 0 Å². The van der Waals surface area contributed by atoms with Crippen molar-refractivity contribution >= 4 is 17.5 Å². The first-order chi connectivity index (χ1) is 9.08. The van der Waals surface area contributed by atoms with Crippen LogP contribution in [0.15, 0.2) is 18.2 Å². The fraction of sp³-hybridized carbons (Fsp3) is 0.385. The van der Waals surface area contributed by atoms with Crippen molar-refractivity contribution in [3.8, 4) is 0 Å². The number of carbonyl (C=O) groups excluding carboxylic acids is 2. The minimum Gasteiger partial charge on any atom is -0.370 e. The van der Waals surface area contributed by atoms with Crippen LogP contribution in [0.25, 0.3) is 0 Å². The van der Waals surface area contributed by atoms with Gasteiger partial charge in [-0.2, -0.15) is 0 Å². The average Bonchev–Trinajstić information content (AvgIpc) is 2.40. The number of aryl methyl sites for hydroxylation is 1. The van der Waals surface area contributed by atoms with E-state index < -0.39 is 0 Å². The van der Waals surface area contributed by atoms with Crippen LogP contribution in [-0.2, 0) is 9.53 Å². The van der Waals surface area contributed by atoms with Crippen molar-refractivity contribution in [3.63, 3.8) is 0 Å². The second kappa shape index (κ2) is 7.50. The molecule has 6 heteroatoms. The summed E-state index contributed by atoms with van der Waals surface area (Å²) in [5.74, 6) is -0.406. The van der Waals surface area contributed by atoms with Crippen LogP contribution in [0.4, 0.5) is 5.69 Å². The number of anilines is 1. The summed E-state index contributed by atoms with van der Waals surface area (Å²) in [5.41, 5.74) is 7.28. The van der Waals surface area contributed by atoms with Gasteiger partial charge in [-0.1, -0.05) is 0 Å². The Hall–Kier alpha value is -1.92. The van der Waals surface area contributed by atoms with Crippen molar-refractivity contribution in [2.75, 3.05) is 32.1 Å². The van der Waals surface area contributed by atoms with Gasteiger partial charge in [0.05, 0.1) is 6.61 Å². The summed E-state index contributed by atoms with van der Waals surface area (Å²) >= 11 is 0. The van der Waals surface area contributed by atoms with Crippen molar-refractivity contribution in [1.82, 2.24) is 5.32 Å². The highest BCUT2D eigenvalue weighted by Gasteiger charge is 2.08. The van der Waals surface area contributed by atoms with Gasteiger partial charge in [-0.15, -0.1) is 0 Å². The summed E-state index contributed by atoms with van der Waals surface area (Å²) in [6.45, 7) is 2.52. The molecule has 0 heterocycles. The van der Waals surface area contributed by atoms with Crippen LogP contribution in [0.3, 0.4) is 0 Å². The Morgan fingerprint density at radius 3 is 2.68 bits per heavy atom. The van der Waals surface area contributed by atoms with Crippen molar-refractivity contribution in [2.45, 2.75) is 6.92 Å². The molecule has 2 amide bonds. The van der Waals surface area contributed by atoms with Gasteiger partial charge in [0.1, 0.15) is 6.61 Å². The maximum Gasteiger partial charge on any atom is 0.251 e. The number of nitrogens with one attached hydrogen (secondary N) is 2. The van der Waals surface area contributed by atoms with E-state index >= 15 is 0 Å². The number of amides is 2. The van der Waals surface area contributed by atoms with E-state index in [1.54, 1.807) is 25.2 Å². The first-order valence-electron chi connectivity index (χ1n) is 5.99. The highest BCUT2D eigenvalue weighted by Crippen LogP contribution is 2.16. The summed E-state index contributed by atoms with van der Waals surface area (Å²) < 4.78 is 5.03. The summed E-state index contributed by atoms with van der Waals surface area (Å²) in [6.07, 6.45) is 0. The minimum absolute atomic E-state index is 0.0339. The molecule has 6 nitrogen and oxygen atoms in total. The second-order valence-electron chi connectivity index (χ2n) is 4.00. The molecule has 19 heavy (non-hydrogen) atoms. The largest absolute Gasteiger partial charge is 0.370 e. The molecule has 0 aromatic heterocycles. The van der Waals surface area contributed by atoms with E-state index in [0.717, 1.165) is 5.56 Å². The van der Waals surface area contributed by atoms with Crippen LogP contribution < -0.4 is 16.4 Å². The molecule has 4 N–H and O–H groups in total. The zero-order valence-corrected chi connectivity index (χ0v) is 11.2. The van der Waals surface area contributed by atoms with Gasteiger partial charge < -0.3 is 21.1 Å². The van der Waals surface area contributed by atoms with Crippen LogP contribution in [0.2, 0.25) is 0 Å². The van der Waals surface area contributed by atoms with Crippen molar-refractivity contribution in [1.29, 1.82) is 0 Å². The van der Waals surface area contributed by atoms with Crippen molar-refractivity contribution in [3.05, 3.63) is 29.3 Å². The lowest BCUT2D eigenvalue weighted by Gasteiger charge is -2.10. The fourth-order valence-electron chi connectivity index (χ4n) is 1.52. The molecule has 0 atom stereocenters. The third-order valence-electron chi connectivity index (χ3n) is 2.49. The topological polar surface area (TPSA) is 93.5 Å². The predicted molar refractivity (Wildman–Crippen MR) is 73.1 cm³/mol. The van der Waals surface area contributed by atoms with Crippen LogP contribution in [0.5, 0.6) is 0 Å². The molecule has 0 unspecified atom stereocenters. The Balaban J connectivity index is 2.64. The fourth-order valence-corrected chi connectivity index (χ4v) is 1.52. The van der Waals surface area contributed by atoms with Crippen molar-refractivity contribution in [2.24, 2.45) is 5.73 Å². The zero-order valence-electron chi connectivity index (χ0n) is 11.2. The highest BCUT2D eigenvalue weighted by molar-refractivity contribution is 5.96. The van der Waals surface area contributed by atoms with Crippen LogP contribution in [-0.4, -0.2) is 38.6 Å². The van der Waals surface area contributed by atoms with Crippen molar-refractivity contribution < 1.29 is 14.3 Å². The number of rotatable bonds is 6. The van der Waals surface area contributed by atoms with Gasteiger partial charge in [0.25, 0.3) is 5.91 Å². The maximum atomic E-state index is 11.6. The van der Waals surface area contributed by atoms with E-state index in [9.17, 15) is 9.59 Å². The summed E-state index contributed by atoms with van der Waals surface area (Å²) in [7, 11) is 1.57. The molecule has 0 saturated carbocycles. The van der Waals surface area contributed by atoms with Gasteiger partial charge in [-0.3, -0.25) is 9.59 Å². The van der Waals surface area contributed by atoms with E-state index in [1.807, 2.05) is 6.92 Å². The predicted octanol–water partition coefficient (Wildman–Crippen LogP) is 0.268. The number of benzene rings is 1. The molecule has 0 spiro atoms. The van der Waals surface area contributed by atoms with Gasteiger partial charge in [-0.05, 0) is 30.7 Å². The summed E-state index contributed by atoms with van der Waals surface area (Å²) in [5, 5.41) is 5.26. The summed E-state index contributed by atoms with van der Waals surface area (Å²) in [4.78, 5) is 23.0. The van der Waals surface area contributed by atoms with Crippen LogP contribution in [0, 0.1) is 6.92 Å². The molecule has 0 aliphatic heterocycles. The molecule has 0 fully saturated rings. The molecule has 0 bridgehead atoms. The Bertz CT molecular complexity index is 460. The Morgan fingerprint density at radius 2 is 2.11 bits per heavy atom. The Morgan fingerprint density at radius 1 is 1.37 bits per heavy atom. The highest BCUT2D eigenvalue weighted by atomic mass is 16.5. The molecule has 1 aromatic carbocycles. The molecule has 0 saturated heterocycles. The number of hydrogen-bond acceptors (Lipinski definition) is 4. The van der Waals surface area contributed by atoms with Crippen LogP contribution in [0.1, 0.15) is 15.9 Å². The van der Waals surface area contributed by atoms with E-state index in [1.165, 1.54) is 0 Å². The molecule has 1 aromatic rings. The summed E-state index contributed by atoms with van der Waals surface area (Å²) in [6, 6.07) is 5.07. The number of carbonyl (C=O) groups is 2. The molecule has 104 valence electrons. The van der Waals surface area contributed by atoms with Gasteiger partial charge >= 0.3 is 0 Å². The molecule has 0 radical (unpaired) electrons. The average molecular weight is 265 g/mol. The molecule has 1 rings (SSSR count). The molecular formula is C13H19N3O3. The number of nitrogens with two attached hydrogens (primary N) is 1. The first kappa shape index (κ1) is 15.1. The standard InChI is InChI=1S/C13H19N3O3/c1-9-7-10(13(18)15-2)3-4-11(9)16-12(17)8-19-6-5-14/h3-4,7H,5-6,8,14H2,1-2H3,(H,15,18)(H,16,17). The lowest BCUT2D eigenvalue weighted by molar-refractivity contribution is -0.120. The quantitative estimate of drug-likeness (QED) is 0.643. The smallest absolute Gasteiger partial charge is 0.251 e. The Kier molecular flexibility index (Phi) is 5.98. The minimum atomic E-state index is -0.246. The third kappa shape index (κ3) is 4.69. The van der Waals surface area contributed by atoms with Crippen LogP contribution >= 0.6 is 0 Å². The van der Waals surface area contributed by atoms with E-state index in [-0.39, 0.29) is 18.4 Å². The lowest BCUT2D eigenvalue weighted by atomic mass is 10.1. The van der Waals surface area contributed by atoms with Gasteiger partial charge in [0.2, 0.25) is 5.91 Å². The molecule has 0 aliphatic rings.